The van der Waals surface area contributed by atoms with Crippen molar-refractivity contribution in [1.82, 2.24) is 15.2 Å². The molecule has 4 aromatic rings. The van der Waals surface area contributed by atoms with E-state index >= 15 is 0 Å². The summed E-state index contributed by atoms with van der Waals surface area (Å²) in [4.78, 5) is 15.3. The molecule has 0 aliphatic heterocycles. The van der Waals surface area contributed by atoms with Gasteiger partial charge in [0.1, 0.15) is 11.4 Å². The van der Waals surface area contributed by atoms with E-state index in [2.05, 4.69) is 20.5 Å². The summed E-state index contributed by atoms with van der Waals surface area (Å²) in [5, 5.41) is 10.0. The zero-order valence-electron chi connectivity index (χ0n) is 15.6. The number of hydrogen-bond acceptors (Lipinski definition) is 3. The molecule has 0 aliphatic carbocycles. The van der Waals surface area contributed by atoms with Gasteiger partial charge in [-0.3, -0.25) is 9.89 Å². The van der Waals surface area contributed by atoms with Gasteiger partial charge in [-0.25, -0.2) is 0 Å². The van der Waals surface area contributed by atoms with Crippen molar-refractivity contribution in [2.45, 2.75) is 12.6 Å². The first kappa shape index (κ1) is 19.6. The third-order valence-corrected chi connectivity index (χ3v) is 4.58. The van der Waals surface area contributed by atoms with Crippen LogP contribution in [0.25, 0.3) is 10.9 Å². The highest BCUT2D eigenvalue weighted by Crippen LogP contribution is 2.30. The molecule has 2 aromatic heterocycles. The molecule has 0 atom stereocenters. The predicted octanol–water partition coefficient (Wildman–Crippen LogP) is 4.78. The Balaban J connectivity index is 1.40. The molecule has 0 unspecified atom stereocenters. The number of nitrogens with one attached hydrogen (secondary N) is 3. The molecule has 2 heterocycles. The lowest BCUT2D eigenvalue weighted by Gasteiger charge is -2.09. The fourth-order valence-corrected chi connectivity index (χ4v) is 3.03. The first-order chi connectivity index (χ1) is 14.4. The third kappa shape index (κ3) is 4.29. The summed E-state index contributed by atoms with van der Waals surface area (Å²) in [6, 6.07) is 11.9. The number of aromatic amines is 2. The standard InChI is InChI=1S/C21H17F3N4O2/c22-21(23,24)14-2-4-15(5-3-14)30-10-8-13-1-6-17-16(11-13)19(12-25-17)27-20(29)18-7-9-26-28-18/h1-7,9,11-12,25H,8,10H2,(H,26,28)(H,27,29). The molecule has 9 heteroatoms. The number of halogens is 3. The number of aromatic nitrogens is 3. The van der Waals surface area contributed by atoms with Crippen LogP contribution in [0, 0.1) is 0 Å². The Morgan fingerprint density at radius 3 is 2.60 bits per heavy atom. The second kappa shape index (κ2) is 7.94. The summed E-state index contributed by atoms with van der Waals surface area (Å²) in [5.74, 6) is 0.0719. The number of alkyl halides is 3. The molecule has 0 spiro atoms. The summed E-state index contributed by atoms with van der Waals surface area (Å²) >= 11 is 0. The van der Waals surface area contributed by atoms with Crippen LogP contribution in [-0.4, -0.2) is 27.7 Å². The van der Waals surface area contributed by atoms with Gasteiger partial charge in [0.25, 0.3) is 5.91 Å². The lowest BCUT2D eigenvalue weighted by atomic mass is 10.1. The van der Waals surface area contributed by atoms with Crippen molar-refractivity contribution in [3.05, 3.63) is 77.7 Å². The van der Waals surface area contributed by atoms with Crippen molar-refractivity contribution in [3.8, 4) is 5.75 Å². The fraction of sp³-hybridized carbons (Fsp3) is 0.143. The summed E-state index contributed by atoms with van der Waals surface area (Å²) < 4.78 is 43.4. The second-order valence-corrected chi connectivity index (χ2v) is 6.63. The number of H-pyrrole nitrogens is 2. The monoisotopic (exact) mass is 414 g/mol. The Hall–Kier alpha value is -3.75. The van der Waals surface area contributed by atoms with Crippen molar-refractivity contribution in [2.75, 3.05) is 11.9 Å². The molecule has 0 saturated heterocycles. The molecular weight excluding hydrogens is 397 g/mol. The number of benzene rings is 2. The van der Waals surface area contributed by atoms with Crippen LogP contribution in [0.4, 0.5) is 18.9 Å². The largest absolute Gasteiger partial charge is 0.493 e. The van der Waals surface area contributed by atoms with Crippen LogP contribution in [0.1, 0.15) is 21.6 Å². The van der Waals surface area contributed by atoms with E-state index < -0.39 is 11.7 Å². The van der Waals surface area contributed by atoms with E-state index in [0.717, 1.165) is 28.6 Å². The smallest absolute Gasteiger partial charge is 0.416 e. The molecule has 0 saturated carbocycles. The van der Waals surface area contributed by atoms with Gasteiger partial charge in [-0.15, -0.1) is 0 Å². The Labute approximate surface area is 169 Å². The highest BCUT2D eigenvalue weighted by molar-refractivity contribution is 6.08. The van der Waals surface area contributed by atoms with E-state index in [1.54, 1.807) is 12.3 Å². The van der Waals surface area contributed by atoms with Crippen molar-refractivity contribution in [1.29, 1.82) is 0 Å². The fourth-order valence-electron chi connectivity index (χ4n) is 3.03. The van der Waals surface area contributed by atoms with Gasteiger partial charge in [0.2, 0.25) is 0 Å². The second-order valence-electron chi connectivity index (χ2n) is 6.63. The average Bonchev–Trinajstić information content (AvgIpc) is 3.38. The highest BCUT2D eigenvalue weighted by Gasteiger charge is 2.30. The molecular formula is C21H17F3N4O2. The number of hydrogen-bond donors (Lipinski definition) is 3. The first-order valence-electron chi connectivity index (χ1n) is 9.11. The topological polar surface area (TPSA) is 82.8 Å². The Morgan fingerprint density at radius 2 is 1.90 bits per heavy atom. The molecule has 0 aliphatic rings. The predicted molar refractivity (Wildman–Crippen MR) is 105 cm³/mol. The maximum Gasteiger partial charge on any atom is 0.416 e. The highest BCUT2D eigenvalue weighted by atomic mass is 19.4. The van der Waals surface area contributed by atoms with E-state index in [0.29, 0.717) is 30.2 Å². The van der Waals surface area contributed by atoms with Crippen molar-refractivity contribution in [2.24, 2.45) is 0 Å². The SMILES string of the molecule is O=C(Nc1c[nH]c2ccc(CCOc3ccc(C(F)(F)F)cc3)cc12)c1ccn[nH]1. The van der Waals surface area contributed by atoms with Gasteiger partial charge in [-0.1, -0.05) is 6.07 Å². The average molecular weight is 414 g/mol. The minimum Gasteiger partial charge on any atom is -0.493 e. The first-order valence-corrected chi connectivity index (χ1v) is 9.11. The van der Waals surface area contributed by atoms with Crippen molar-refractivity contribution in [3.63, 3.8) is 0 Å². The van der Waals surface area contributed by atoms with Crippen LogP contribution < -0.4 is 10.1 Å². The zero-order valence-corrected chi connectivity index (χ0v) is 15.6. The van der Waals surface area contributed by atoms with Crippen molar-refractivity contribution < 1.29 is 22.7 Å². The maximum atomic E-state index is 12.6. The van der Waals surface area contributed by atoms with Gasteiger partial charge in [0.05, 0.1) is 17.9 Å². The molecule has 4 rings (SSSR count). The zero-order chi connectivity index (χ0) is 21.1. The third-order valence-electron chi connectivity index (χ3n) is 4.58. The molecule has 0 radical (unpaired) electrons. The van der Waals surface area contributed by atoms with E-state index in [4.69, 9.17) is 4.74 Å². The summed E-state index contributed by atoms with van der Waals surface area (Å²) in [6.45, 7) is 0.303. The normalized spacial score (nSPS) is 11.6. The summed E-state index contributed by atoms with van der Waals surface area (Å²) in [7, 11) is 0. The maximum absolute atomic E-state index is 12.6. The lowest BCUT2D eigenvalue weighted by Crippen LogP contribution is -2.12. The number of carbonyl (C=O) groups is 1. The van der Waals surface area contributed by atoms with Gasteiger partial charge >= 0.3 is 6.18 Å². The van der Waals surface area contributed by atoms with Crippen LogP contribution in [0.5, 0.6) is 5.75 Å². The summed E-state index contributed by atoms with van der Waals surface area (Å²) in [5.41, 5.74) is 2.10. The van der Waals surface area contributed by atoms with Gasteiger partial charge in [-0.2, -0.15) is 18.3 Å². The van der Waals surface area contributed by atoms with Crippen LogP contribution in [0.2, 0.25) is 0 Å². The molecule has 0 bridgehead atoms. The van der Waals surface area contributed by atoms with Gasteiger partial charge in [0, 0.05) is 29.7 Å². The Morgan fingerprint density at radius 1 is 1.10 bits per heavy atom. The number of amides is 1. The summed E-state index contributed by atoms with van der Waals surface area (Å²) in [6.07, 6.45) is -0.606. The Kier molecular flexibility index (Phi) is 5.18. The number of rotatable bonds is 6. The molecule has 0 fully saturated rings. The molecule has 2 aromatic carbocycles. The van der Waals surface area contributed by atoms with E-state index in [9.17, 15) is 18.0 Å². The number of anilines is 1. The van der Waals surface area contributed by atoms with Gasteiger partial charge in [0.15, 0.2) is 0 Å². The Bertz CT molecular complexity index is 1150. The van der Waals surface area contributed by atoms with E-state index in [1.807, 2.05) is 18.2 Å². The number of carbonyl (C=O) groups excluding carboxylic acids is 1. The molecule has 154 valence electrons. The van der Waals surface area contributed by atoms with Crippen LogP contribution in [-0.2, 0) is 12.6 Å². The van der Waals surface area contributed by atoms with Crippen molar-refractivity contribution >= 4 is 22.5 Å². The number of ether oxygens (including phenoxy) is 1. The minimum absolute atomic E-state index is 0.301. The van der Waals surface area contributed by atoms with Gasteiger partial charge < -0.3 is 15.0 Å². The van der Waals surface area contributed by atoms with Crippen LogP contribution >= 0.6 is 0 Å². The molecule has 30 heavy (non-hydrogen) atoms. The van der Waals surface area contributed by atoms with E-state index in [1.165, 1.54) is 18.3 Å². The number of fused-ring (bicyclic) bond motifs is 1. The van der Waals surface area contributed by atoms with E-state index in [-0.39, 0.29) is 5.91 Å². The molecule has 6 nitrogen and oxygen atoms in total. The molecule has 1 amide bonds. The quantitative estimate of drug-likeness (QED) is 0.425. The van der Waals surface area contributed by atoms with Crippen LogP contribution in [0.15, 0.2) is 60.9 Å². The van der Waals surface area contributed by atoms with Crippen LogP contribution in [0.3, 0.4) is 0 Å². The minimum atomic E-state index is -4.37. The van der Waals surface area contributed by atoms with Gasteiger partial charge in [-0.05, 0) is 48.0 Å². The lowest BCUT2D eigenvalue weighted by molar-refractivity contribution is -0.137. The number of nitrogens with zero attached hydrogens (tertiary/aromatic N) is 1. The molecule has 3 N–H and O–H groups in total.